The molecule has 2 heterocycles. The van der Waals surface area contributed by atoms with Gasteiger partial charge < -0.3 is 0 Å². The van der Waals surface area contributed by atoms with Gasteiger partial charge in [0.05, 0.1) is 34.0 Å². The summed E-state index contributed by atoms with van der Waals surface area (Å²) >= 11 is 1.50. The summed E-state index contributed by atoms with van der Waals surface area (Å²) < 4.78 is 1.04. The molecule has 3 aromatic carbocycles. The highest BCUT2D eigenvalue weighted by Gasteiger charge is 2.23. The van der Waals surface area contributed by atoms with Crippen molar-refractivity contribution in [3.8, 4) is 0 Å². The average Bonchev–Trinajstić information content (AvgIpc) is 3.21. The van der Waals surface area contributed by atoms with Gasteiger partial charge in [0, 0.05) is 0 Å². The number of hydrogen-bond acceptors (Lipinski definition) is 5. The predicted molar refractivity (Wildman–Crippen MR) is 116 cm³/mol. The first-order valence-electron chi connectivity index (χ1n) is 9.21. The Morgan fingerprint density at radius 2 is 1.48 bits per heavy atom. The number of fused-ring (bicyclic) bond motifs is 2. The van der Waals surface area contributed by atoms with E-state index in [4.69, 9.17) is 4.98 Å². The highest BCUT2D eigenvalue weighted by Crippen LogP contribution is 2.30. The van der Waals surface area contributed by atoms with E-state index < -0.39 is 0 Å². The molecule has 0 saturated carbocycles. The van der Waals surface area contributed by atoms with E-state index in [0.717, 1.165) is 21.3 Å². The Kier molecular flexibility index (Phi) is 4.46. The second kappa shape index (κ2) is 7.41. The maximum absolute atomic E-state index is 13.5. The van der Waals surface area contributed by atoms with Crippen molar-refractivity contribution < 1.29 is 4.79 Å². The Balaban J connectivity index is 1.58. The Bertz CT molecular complexity index is 1280. The van der Waals surface area contributed by atoms with Gasteiger partial charge in [-0.15, -0.1) is 0 Å². The van der Waals surface area contributed by atoms with Crippen LogP contribution in [0, 0.1) is 0 Å². The molecule has 0 spiro atoms. The van der Waals surface area contributed by atoms with Crippen LogP contribution in [0.25, 0.3) is 21.3 Å². The van der Waals surface area contributed by atoms with Gasteiger partial charge in [-0.1, -0.05) is 65.9 Å². The summed E-state index contributed by atoms with van der Waals surface area (Å²) in [4.78, 5) is 28.8. The molecule has 5 aromatic rings. The van der Waals surface area contributed by atoms with E-state index in [0.29, 0.717) is 22.9 Å². The Morgan fingerprint density at radius 3 is 2.28 bits per heavy atom. The topological polar surface area (TPSA) is 59.0 Å². The Morgan fingerprint density at radius 1 is 0.793 bits per heavy atom. The van der Waals surface area contributed by atoms with Gasteiger partial charge >= 0.3 is 0 Å². The van der Waals surface area contributed by atoms with Crippen molar-refractivity contribution in [2.75, 3.05) is 4.90 Å². The smallest absolute Gasteiger partial charge is 0.278 e. The fourth-order valence-corrected chi connectivity index (χ4v) is 4.13. The first kappa shape index (κ1) is 17.5. The van der Waals surface area contributed by atoms with Gasteiger partial charge in [-0.25, -0.2) is 9.97 Å². The molecule has 0 atom stereocenters. The molecule has 0 aliphatic carbocycles. The van der Waals surface area contributed by atoms with Crippen LogP contribution in [0.5, 0.6) is 0 Å². The summed E-state index contributed by atoms with van der Waals surface area (Å²) in [5.41, 5.74) is 3.66. The predicted octanol–water partition coefficient (Wildman–Crippen LogP) is 5.09. The molecule has 140 valence electrons. The number of nitrogens with zero attached hydrogens (tertiary/aromatic N) is 4. The van der Waals surface area contributed by atoms with Crippen LogP contribution in [-0.4, -0.2) is 20.9 Å². The van der Waals surface area contributed by atoms with Gasteiger partial charge in [0.25, 0.3) is 5.91 Å². The second-order valence-corrected chi connectivity index (χ2v) is 7.59. The van der Waals surface area contributed by atoms with E-state index in [1.807, 2.05) is 78.9 Å². The van der Waals surface area contributed by atoms with Crippen LogP contribution in [0.15, 0.2) is 85.1 Å². The number of carbonyl (C=O) groups is 1. The minimum Gasteiger partial charge on any atom is -0.278 e. The molecular weight excluding hydrogens is 380 g/mol. The fraction of sp³-hybridized carbons (Fsp3) is 0.0435. The van der Waals surface area contributed by atoms with Crippen LogP contribution in [0.2, 0.25) is 0 Å². The number of para-hydroxylation sites is 3. The lowest BCUT2D eigenvalue weighted by atomic mass is 10.2. The highest BCUT2D eigenvalue weighted by atomic mass is 32.1. The third-order valence-corrected chi connectivity index (χ3v) is 5.67. The molecule has 5 nitrogen and oxygen atoms in total. The molecule has 0 unspecified atom stereocenters. The van der Waals surface area contributed by atoms with Gasteiger partial charge in [0.15, 0.2) is 5.13 Å². The zero-order chi connectivity index (χ0) is 19.6. The summed E-state index contributed by atoms with van der Waals surface area (Å²) in [6, 6.07) is 25.3. The number of benzene rings is 3. The van der Waals surface area contributed by atoms with E-state index in [1.165, 1.54) is 17.5 Å². The number of anilines is 1. The minimum atomic E-state index is -0.217. The van der Waals surface area contributed by atoms with Gasteiger partial charge in [-0.2, -0.15) is 0 Å². The molecule has 5 rings (SSSR count). The normalized spacial score (nSPS) is 11.0. The quantitative estimate of drug-likeness (QED) is 0.425. The zero-order valence-electron chi connectivity index (χ0n) is 15.4. The van der Waals surface area contributed by atoms with Crippen LogP contribution < -0.4 is 4.90 Å². The lowest BCUT2D eigenvalue weighted by Gasteiger charge is -2.19. The Labute approximate surface area is 171 Å². The third-order valence-electron chi connectivity index (χ3n) is 4.61. The number of rotatable bonds is 4. The molecule has 0 aliphatic heterocycles. The number of thiazole rings is 1. The van der Waals surface area contributed by atoms with Crippen LogP contribution in [0.3, 0.4) is 0 Å². The van der Waals surface area contributed by atoms with Crippen molar-refractivity contribution in [2.45, 2.75) is 6.54 Å². The van der Waals surface area contributed by atoms with Crippen LogP contribution >= 0.6 is 11.3 Å². The number of amides is 1. The fourth-order valence-electron chi connectivity index (χ4n) is 3.17. The summed E-state index contributed by atoms with van der Waals surface area (Å²) in [5, 5.41) is 0.648. The summed E-state index contributed by atoms with van der Waals surface area (Å²) in [5.74, 6) is -0.217. The largest absolute Gasteiger partial charge is 0.280 e. The maximum atomic E-state index is 13.5. The first-order valence-corrected chi connectivity index (χ1v) is 10.0. The molecule has 1 amide bonds. The maximum Gasteiger partial charge on any atom is 0.280 e. The highest BCUT2D eigenvalue weighted by molar-refractivity contribution is 7.22. The summed E-state index contributed by atoms with van der Waals surface area (Å²) in [7, 11) is 0. The van der Waals surface area contributed by atoms with Crippen molar-refractivity contribution in [2.24, 2.45) is 0 Å². The summed E-state index contributed by atoms with van der Waals surface area (Å²) in [6.45, 7) is 0.411. The third kappa shape index (κ3) is 3.46. The molecule has 0 radical (unpaired) electrons. The monoisotopic (exact) mass is 396 g/mol. The molecule has 0 bridgehead atoms. The molecule has 0 N–H and O–H groups in total. The lowest BCUT2D eigenvalue weighted by molar-refractivity contribution is 0.0980. The molecule has 0 saturated heterocycles. The lowest BCUT2D eigenvalue weighted by Crippen LogP contribution is -2.31. The molecule has 6 heteroatoms. The van der Waals surface area contributed by atoms with Gasteiger partial charge in [-0.3, -0.25) is 14.7 Å². The number of hydrogen-bond donors (Lipinski definition) is 0. The Hall–Kier alpha value is -3.64. The van der Waals surface area contributed by atoms with Crippen molar-refractivity contribution in [1.29, 1.82) is 0 Å². The van der Waals surface area contributed by atoms with E-state index in [9.17, 15) is 4.79 Å². The van der Waals surface area contributed by atoms with Gasteiger partial charge in [-0.05, 0) is 29.8 Å². The first-order chi connectivity index (χ1) is 14.3. The van der Waals surface area contributed by atoms with Gasteiger partial charge in [0.1, 0.15) is 5.69 Å². The van der Waals surface area contributed by atoms with Crippen molar-refractivity contribution in [3.05, 3.63) is 96.3 Å². The van der Waals surface area contributed by atoms with E-state index in [-0.39, 0.29) is 5.91 Å². The van der Waals surface area contributed by atoms with Crippen molar-refractivity contribution in [3.63, 3.8) is 0 Å². The van der Waals surface area contributed by atoms with E-state index >= 15 is 0 Å². The second-order valence-electron chi connectivity index (χ2n) is 6.59. The van der Waals surface area contributed by atoms with Gasteiger partial charge in [0.2, 0.25) is 0 Å². The molecule has 0 aliphatic rings. The SMILES string of the molecule is O=C(c1cnc2ccccc2n1)N(Cc1ccccc1)c1nc2ccccc2s1. The zero-order valence-corrected chi connectivity index (χ0v) is 16.2. The summed E-state index contributed by atoms with van der Waals surface area (Å²) in [6.07, 6.45) is 1.54. The molecule has 29 heavy (non-hydrogen) atoms. The number of carbonyl (C=O) groups excluding carboxylic acids is 1. The van der Waals surface area contributed by atoms with Crippen molar-refractivity contribution >= 4 is 43.6 Å². The molecular formula is C23H16N4OS. The average molecular weight is 396 g/mol. The number of aromatic nitrogens is 3. The van der Waals surface area contributed by atoms with Crippen LogP contribution in [-0.2, 0) is 6.54 Å². The van der Waals surface area contributed by atoms with E-state index in [2.05, 4.69) is 9.97 Å². The van der Waals surface area contributed by atoms with Crippen LogP contribution in [0.4, 0.5) is 5.13 Å². The minimum absolute atomic E-state index is 0.217. The van der Waals surface area contributed by atoms with Crippen LogP contribution in [0.1, 0.15) is 16.1 Å². The van der Waals surface area contributed by atoms with E-state index in [1.54, 1.807) is 4.90 Å². The molecule has 2 aromatic heterocycles. The molecule has 0 fully saturated rings. The van der Waals surface area contributed by atoms with Crippen molar-refractivity contribution in [1.82, 2.24) is 15.0 Å². The standard InChI is InChI=1S/C23H16N4OS/c28-22(20-14-24-17-10-4-5-11-18(17)25-20)27(15-16-8-2-1-3-9-16)23-26-19-12-6-7-13-21(19)29-23/h1-14H,15H2.